The molecule has 2 bridgehead atoms. The molecule has 1 aromatic heterocycles. The summed E-state index contributed by atoms with van der Waals surface area (Å²) in [4.78, 5) is 13.1. The third-order valence-corrected chi connectivity index (χ3v) is 5.46. The molecular formula is C17H20N2O. The van der Waals surface area contributed by atoms with Crippen molar-refractivity contribution in [3.63, 3.8) is 0 Å². The van der Waals surface area contributed by atoms with Crippen LogP contribution in [0.1, 0.15) is 42.4 Å². The van der Waals surface area contributed by atoms with Crippen molar-refractivity contribution in [1.29, 1.82) is 0 Å². The van der Waals surface area contributed by atoms with E-state index in [0.717, 1.165) is 12.8 Å². The molecule has 1 fully saturated rings. The van der Waals surface area contributed by atoms with Gasteiger partial charge in [0.2, 0.25) is 6.41 Å². The van der Waals surface area contributed by atoms with Gasteiger partial charge >= 0.3 is 0 Å². The topological polar surface area (TPSA) is 25.2 Å². The van der Waals surface area contributed by atoms with Crippen LogP contribution in [0.4, 0.5) is 0 Å². The molecular weight excluding hydrogens is 248 g/mol. The van der Waals surface area contributed by atoms with Gasteiger partial charge < -0.3 is 9.47 Å². The van der Waals surface area contributed by atoms with Crippen LogP contribution in [0.25, 0.3) is 10.9 Å². The zero-order valence-electron chi connectivity index (χ0n) is 12.0. The van der Waals surface area contributed by atoms with Crippen molar-refractivity contribution < 1.29 is 4.79 Å². The molecule has 0 radical (unpaired) electrons. The van der Waals surface area contributed by atoms with E-state index in [9.17, 15) is 4.79 Å². The Morgan fingerprint density at radius 3 is 2.90 bits per heavy atom. The molecule has 3 heteroatoms. The molecule has 2 aromatic rings. The van der Waals surface area contributed by atoms with Crippen molar-refractivity contribution in [3.8, 4) is 0 Å². The molecule has 0 saturated heterocycles. The largest absolute Gasteiger partial charge is 0.347 e. The van der Waals surface area contributed by atoms with E-state index in [-0.39, 0.29) is 0 Å². The zero-order valence-corrected chi connectivity index (χ0v) is 12.0. The number of benzene rings is 1. The molecule has 3 unspecified atom stereocenters. The van der Waals surface area contributed by atoms with Crippen LogP contribution < -0.4 is 0 Å². The van der Waals surface area contributed by atoms with Gasteiger partial charge in [-0.3, -0.25) is 4.79 Å². The van der Waals surface area contributed by atoms with Crippen molar-refractivity contribution in [2.24, 2.45) is 7.05 Å². The lowest BCUT2D eigenvalue weighted by atomic mass is 9.66. The predicted molar refractivity (Wildman–Crippen MR) is 79.9 cm³/mol. The van der Waals surface area contributed by atoms with Crippen molar-refractivity contribution in [1.82, 2.24) is 9.47 Å². The number of para-hydroxylation sites is 1. The number of rotatable bonds is 2. The summed E-state index contributed by atoms with van der Waals surface area (Å²) in [6.07, 6.45) is 4.61. The third kappa shape index (κ3) is 1.38. The Morgan fingerprint density at radius 2 is 2.10 bits per heavy atom. The van der Waals surface area contributed by atoms with Crippen LogP contribution in [0, 0.1) is 0 Å². The van der Waals surface area contributed by atoms with E-state index in [4.69, 9.17) is 0 Å². The molecule has 1 saturated carbocycles. The normalized spacial score (nSPS) is 27.6. The molecule has 104 valence electrons. The van der Waals surface area contributed by atoms with Crippen LogP contribution in [-0.4, -0.2) is 29.0 Å². The summed E-state index contributed by atoms with van der Waals surface area (Å²) in [5.74, 6) is 1.12. The van der Waals surface area contributed by atoms with Crippen molar-refractivity contribution in [2.75, 3.05) is 7.05 Å². The van der Waals surface area contributed by atoms with E-state index in [2.05, 4.69) is 35.9 Å². The van der Waals surface area contributed by atoms with Gasteiger partial charge in [-0.1, -0.05) is 18.2 Å². The first-order chi connectivity index (χ1) is 9.72. The summed E-state index contributed by atoms with van der Waals surface area (Å²) in [7, 11) is 4.11. The predicted octanol–water partition coefficient (Wildman–Crippen LogP) is 3.00. The van der Waals surface area contributed by atoms with Crippen LogP contribution in [0.3, 0.4) is 0 Å². The second kappa shape index (κ2) is 4.11. The molecule has 3 aliphatic carbocycles. The maximum absolute atomic E-state index is 11.2. The van der Waals surface area contributed by atoms with Gasteiger partial charge in [-0.2, -0.15) is 0 Å². The lowest BCUT2D eigenvalue weighted by Crippen LogP contribution is -2.44. The van der Waals surface area contributed by atoms with Crippen molar-refractivity contribution >= 4 is 17.3 Å². The lowest BCUT2D eigenvalue weighted by molar-refractivity contribution is -0.120. The highest BCUT2D eigenvalue weighted by molar-refractivity contribution is 5.87. The number of nitrogens with zero attached hydrogens (tertiary/aromatic N) is 2. The molecule has 20 heavy (non-hydrogen) atoms. The fourth-order valence-corrected chi connectivity index (χ4v) is 4.58. The van der Waals surface area contributed by atoms with E-state index >= 15 is 0 Å². The molecule has 0 spiro atoms. The number of carbonyl (C=O) groups excluding carboxylic acids is 1. The van der Waals surface area contributed by atoms with Crippen LogP contribution in [0.2, 0.25) is 0 Å². The van der Waals surface area contributed by atoms with Crippen LogP contribution in [-0.2, 0) is 11.8 Å². The SMILES string of the molecule is CN(C=O)C1CC2CCC1c1c2c2ccccc2n1C. The number of aryl methyl sites for hydroxylation is 1. The molecule has 1 amide bonds. The Balaban J connectivity index is 1.95. The van der Waals surface area contributed by atoms with Gasteiger partial charge in [-0.15, -0.1) is 0 Å². The third-order valence-electron chi connectivity index (χ3n) is 5.46. The van der Waals surface area contributed by atoms with E-state index in [1.807, 2.05) is 11.9 Å². The molecule has 3 nitrogen and oxygen atoms in total. The highest BCUT2D eigenvalue weighted by Gasteiger charge is 2.44. The minimum Gasteiger partial charge on any atom is -0.347 e. The number of aromatic nitrogens is 1. The summed E-state index contributed by atoms with van der Waals surface area (Å²) in [5.41, 5.74) is 4.38. The van der Waals surface area contributed by atoms with Crippen molar-refractivity contribution in [3.05, 3.63) is 35.5 Å². The van der Waals surface area contributed by atoms with E-state index in [0.29, 0.717) is 17.9 Å². The molecule has 0 N–H and O–H groups in total. The number of hydrogen-bond donors (Lipinski definition) is 0. The quantitative estimate of drug-likeness (QED) is 0.769. The second-order valence-electron chi connectivity index (χ2n) is 6.33. The zero-order chi connectivity index (χ0) is 13.9. The van der Waals surface area contributed by atoms with Crippen LogP contribution in [0.5, 0.6) is 0 Å². The number of amides is 1. The number of fused-ring (bicyclic) bond motifs is 3. The van der Waals surface area contributed by atoms with Crippen molar-refractivity contribution in [2.45, 2.75) is 37.1 Å². The second-order valence-corrected chi connectivity index (χ2v) is 6.33. The fraction of sp³-hybridized carbons (Fsp3) is 0.471. The molecule has 3 aliphatic rings. The molecule has 5 rings (SSSR count). The summed E-state index contributed by atoms with van der Waals surface area (Å²) in [6.45, 7) is 0. The van der Waals surface area contributed by atoms with E-state index in [1.54, 1.807) is 5.56 Å². The average molecular weight is 268 g/mol. The average Bonchev–Trinajstić information content (AvgIpc) is 2.83. The Hall–Kier alpha value is -1.77. The standard InChI is InChI=1S/C17H20N2O/c1-18(10-20)15-9-11-7-8-13(15)17-16(11)12-5-3-4-6-14(12)19(17)2/h3-6,10-11,13,15H,7-9H2,1-2H3. The van der Waals surface area contributed by atoms with E-state index in [1.165, 1.54) is 29.4 Å². The van der Waals surface area contributed by atoms with Crippen LogP contribution in [0.15, 0.2) is 24.3 Å². The number of likely N-dealkylation sites (N-methyl/N-ethyl adjacent to an activating group) is 1. The fourth-order valence-electron chi connectivity index (χ4n) is 4.58. The van der Waals surface area contributed by atoms with Gasteiger partial charge in [0, 0.05) is 42.7 Å². The Labute approximate surface area is 119 Å². The van der Waals surface area contributed by atoms with Crippen LogP contribution >= 0.6 is 0 Å². The maximum Gasteiger partial charge on any atom is 0.209 e. The number of hydrogen-bond acceptors (Lipinski definition) is 1. The molecule has 3 atom stereocenters. The van der Waals surface area contributed by atoms with Gasteiger partial charge in [0.15, 0.2) is 0 Å². The molecule has 1 aromatic carbocycles. The van der Waals surface area contributed by atoms with Gasteiger partial charge in [-0.05, 0) is 36.8 Å². The van der Waals surface area contributed by atoms with Gasteiger partial charge in [0.05, 0.1) is 0 Å². The van der Waals surface area contributed by atoms with Gasteiger partial charge in [0.1, 0.15) is 0 Å². The highest BCUT2D eigenvalue weighted by Crippen LogP contribution is 2.53. The smallest absolute Gasteiger partial charge is 0.209 e. The van der Waals surface area contributed by atoms with Gasteiger partial charge in [0.25, 0.3) is 0 Å². The maximum atomic E-state index is 11.2. The number of carbonyl (C=O) groups is 1. The summed E-state index contributed by atoms with van der Waals surface area (Å²) in [6, 6.07) is 9.10. The first-order valence-corrected chi connectivity index (χ1v) is 7.46. The summed E-state index contributed by atoms with van der Waals surface area (Å²) >= 11 is 0. The Kier molecular flexibility index (Phi) is 2.47. The summed E-state index contributed by atoms with van der Waals surface area (Å²) < 4.78 is 2.37. The van der Waals surface area contributed by atoms with E-state index < -0.39 is 0 Å². The first kappa shape index (κ1) is 12.0. The minimum atomic E-state index is 0.377. The monoisotopic (exact) mass is 268 g/mol. The molecule has 0 aliphatic heterocycles. The first-order valence-electron chi connectivity index (χ1n) is 7.46. The Morgan fingerprint density at radius 1 is 1.30 bits per heavy atom. The summed E-state index contributed by atoms with van der Waals surface area (Å²) in [5, 5.41) is 1.42. The minimum absolute atomic E-state index is 0.377. The molecule has 1 heterocycles. The highest BCUT2D eigenvalue weighted by atomic mass is 16.1. The lowest BCUT2D eigenvalue weighted by Gasteiger charge is -2.45. The Bertz CT molecular complexity index is 688. The van der Waals surface area contributed by atoms with Gasteiger partial charge in [-0.25, -0.2) is 0 Å².